The topological polar surface area (TPSA) is 68.5 Å². The first kappa shape index (κ1) is 17.5. The zero-order valence-electron chi connectivity index (χ0n) is 13.8. The number of carbonyl (C=O) groups excluding carboxylic acids is 2. The van der Waals surface area contributed by atoms with Crippen LogP contribution in [0.15, 0.2) is 34.7 Å². The van der Waals surface area contributed by atoms with Crippen LogP contribution in [0.3, 0.4) is 0 Å². The molecule has 1 N–H and O–H groups in total. The van der Waals surface area contributed by atoms with Crippen LogP contribution in [-0.2, 0) is 24.2 Å². The maximum Gasteiger partial charge on any atom is 0.286 e. The molecular weight excluding hydrogens is 342 g/mol. The number of furan rings is 1. The Bertz CT molecular complexity index is 769. The molecule has 0 atom stereocenters. The smallest absolute Gasteiger partial charge is 0.286 e. The number of benzene rings is 1. The van der Waals surface area contributed by atoms with Gasteiger partial charge in [-0.2, -0.15) is 0 Å². The molecule has 0 saturated carbocycles. The Morgan fingerprint density at radius 1 is 1.16 bits per heavy atom. The number of hydrogen-bond donors (Lipinski definition) is 1. The predicted molar refractivity (Wildman–Crippen MR) is 93.9 cm³/mol. The van der Waals surface area contributed by atoms with E-state index in [0.29, 0.717) is 18.7 Å². The first-order valence-corrected chi connectivity index (χ1v) is 8.79. The van der Waals surface area contributed by atoms with Crippen LogP contribution in [-0.4, -0.2) is 17.7 Å². The lowest BCUT2D eigenvalue weighted by molar-refractivity contribution is -0.111. The van der Waals surface area contributed by atoms with Gasteiger partial charge >= 0.3 is 0 Å². The highest BCUT2D eigenvalue weighted by molar-refractivity contribution is 6.63. The molecule has 0 spiro atoms. The molecular formula is C19H20ClNO4. The number of nitrogens with one attached hydrogen (secondary N) is 1. The molecule has 5 nitrogen and oxygen atoms in total. The largest absolute Gasteiger partial charge is 0.486 e. The van der Waals surface area contributed by atoms with Gasteiger partial charge in [-0.25, -0.2) is 0 Å². The number of halogens is 1. The van der Waals surface area contributed by atoms with E-state index in [1.165, 1.54) is 17.5 Å². The molecule has 1 aliphatic carbocycles. The van der Waals surface area contributed by atoms with Gasteiger partial charge in [-0.3, -0.25) is 9.59 Å². The van der Waals surface area contributed by atoms with Crippen molar-refractivity contribution in [2.45, 2.75) is 38.7 Å². The Morgan fingerprint density at radius 3 is 2.84 bits per heavy atom. The van der Waals surface area contributed by atoms with E-state index in [1.54, 1.807) is 12.1 Å². The predicted octanol–water partition coefficient (Wildman–Crippen LogP) is 3.62. The van der Waals surface area contributed by atoms with Crippen molar-refractivity contribution in [3.63, 3.8) is 0 Å². The van der Waals surface area contributed by atoms with Crippen molar-refractivity contribution in [3.05, 3.63) is 53.0 Å². The molecule has 0 bridgehead atoms. The van der Waals surface area contributed by atoms with E-state index >= 15 is 0 Å². The molecule has 1 aromatic heterocycles. The number of ether oxygens (including phenoxy) is 1. The molecule has 0 fully saturated rings. The molecule has 0 aliphatic heterocycles. The minimum Gasteiger partial charge on any atom is -0.486 e. The molecule has 0 unspecified atom stereocenters. The summed E-state index contributed by atoms with van der Waals surface area (Å²) < 4.78 is 11.3. The summed E-state index contributed by atoms with van der Waals surface area (Å²) in [4.78, 5) is 22.6. The van der Waals surface area contributed by atoms with Gasteiger partial charge in [0.25, 0.3) is 5.91 Å². The number of hydrogen-bond acceptors (Lipinski definition) is 4. The second-order valence-corrected chi connectivity index (χ2v) is 6.47. The summed E-state index contributed by atoms with van der Waals surface area (Å²) in [7, 11) is 0. The Balaban J connectivity index is 1.48. The molecule has 3 rings (SSSR count). The first-order valence-electron chi connectivity index (χ1n) is 8.41. The van der Waals surface area contributed by atoms with E-state index in [-0.39, 0.29) is 24.7 Å². The van der Waals surface area contributed by atoms with Crippen molar-refractivity contribution < 1.29 is 18.7 Å². The lowest BCUT2D eigenvalue weighted by Gasteiger charge is -2.06. The van der Waals surface area contributed by atoms with Crippen molar-refractivity contribution >= 4 is 22.8 Å². The fourth-order valence-corrected chi connectivity index (χ4v) is 3.02. The number of carbonyl (C=O) groups is 2. The van der Waals surface area contributed by atoms with Gasteiger partial charge in [0.1, 0.15) is 18.1 Å². The van der Waals surface area contributed by atoms with Crippen LogP contribution in [0.5, 0.6) is 5.75 Å². The second kappa shape index (κ2) is 8.21. The SMILES string of the molecule is O=C(Cl)CCCNC(=O)c1ccc(COc2ccc3c(c2)CCC3)o1. The quantitative estimate of drug-likeness (QED) is 0.576. The Hall–Kier alpha value is -2.27. The van der Waals surface area contributed by atoms with Crippen LogP contribution in [0.2, 0.25) is 0 Å². The Kier molecular flexibility index (Phi) is 5.76. The molecule has 0 saturated heterocycles. The van der Waals surface area contributed by atoms with Crippen LogP contribution < -0.4 is 10.1 Å². The van der Waals surface area contributed by atoms with E-state index in [9.17, 15) is 9.59 Å². The van der Waals surface area contributed by atoms with Gasteiger partial charge in [0.2, 0.25) is 5.24 Å². The zero-order chi connectivity index (χ0) is 17.6. The van der Waals surface area contributed by atoms with E-state index in [0.717, 1.165) is 18.6 Å². The van der Waals surface area contributed by atoms with Gasteiger partial charge in [0.05, 0.1) is 0 Å². The van der Waals surface area contributed by atoms with Crippen molar-refractivity contribution in [2.24, 2.45) is 0 Å². The third kappa shape index (κ3) is 4.86. The van der Waals surface area contributed by atoms with E-state index in [4.69, 9.17) is 20.8 Å². The molecule has 25 heavy (non-hydrogen) atoms. The minimum absolute atomic E-state index is 0.227. The number of amides is 1. The van der Waals surface area contributed by atoms with Crippen molar-refractivity contribution in [3.8, 4) is 5.75 Å². The summed E-state index contributed by atoms with van der Waals surface area (Å²) in [6.45, 7) is 0.645. The standard InChI is InChI=1S/C19H20ClNO4/c20-18(22)5-2-10-21-19(23)17-9-8-16(25-17)12-24-15-7-6-13-3-1-4-14(13)11-15/h6-9,11H,1-5,10,12H2,(H,21,23). The van der Waals surface area contributed by atoms with Crippen LogP contribution >= 0.6 is 11.6 Å². The van der Waals surface area contributed by atoms with Gasteiger partial charge in [-0.05, 0) is 72.7 Å². The zero-order valence-corrected chi connectivity index (χ0v) is 14.6. The van der Waals surface area contributed by atoms with Crippen molar-refractivity contribution in [2.75, 3.05) is 6.54 Å². The van der Waals surface area contributed by atoms with Crippen LogP contribution in [0, 0.1) is 0 Å². The number of aryl methyl sites for hydroxylation is 2. The maximum atomic E-state index is 11.9. The molecule has 1 amide bonds. The highest BCUT2D eigenvalue weighted by Gasteiger charge is 2.13. The third-order valence-corrected chi connectivity index (χ3v) is 4.36. The molecule has 132 valence electrons. The van der Waals surface area contributed by atoms with Gasteiger partial charge in [-0.15, -0.1) is 0 Å². The molecule has 6 heteroatoms. The van der Waals surface area contributed by atoms with Crippen LogP contribution in [0.4, 0.5) is 0 Å². The molecule has 0 radical (unpaired) electrons. The van der Waals surface area contributed by atoms with E-state index < -0.39 is 5.24 Å². The van der Waals surface area contributed by atoms with E-state index in [1.807, 2.05) is 6.07 Å². The number of fused-ring (bicyclic) bond motifs is 1. The summed E-state index contributed by atoms with van der Waals surface area (Å²) in [5.74, 6) is 1.31. The van der Waals surface area contributed by atoms with Gasteiger partial charge in [-0.1, -0.05) is 6.07 Å². The summed E-state index contributed by atoms with van der Waals surface area (Å²) in [6, 6.07) is 9.51. The third-order valence-electron chi connectivity index (χ3n) is 4.17. The normalized spacial score (nSPS) is 12.7. The highest BCUT2D eigenvalue weighted by atomic mass is 35.5. The van der Waals surface area contributed by atoms with Gasteiger partial charge in [0.15, 0.2) is 5.76 Å². The monoisotopic (exact) mass is 361 g/mol. The summed E-state index contributed by atoms with van der Waals surface area (Å²) >= 11 is 5.25. The number of rotatable bonds is 8. The molecule has 1 heterocycles. The summed E-state index contributed by atoms with van der Waals surface area (Å²) in [5, 5.41) is 2.28. The average molecular weight is 362 g/mol. The fraction of sp³-hybridized carbons (Fsp3) is 0.368. The van der Waals surface area contributed by atoms with Gasteiger partial charge in [0, 0.05) is 13.0 Å². The van der Waals surface area contributed by atoms with E-state index in [2.05, 4.69) is 17.4 Å². The maximum absolute atomic E-state index is 11.9. The molecule has 2 aromatic rings. The fourth-order valence-electron chi connectivity index (χ4n) is 2.89. The Labute approximate surface area is 151 Å². The summed E-state index contributed by atoms with van der Waals surface area (Å²) in [6.07, 6.45) is 4.19. The lowest BCUT2D eigenvalue weighted by Crippen LogP contribution is -2.24. The lowest BCUT2D eigenvalue weighted by atomic mass is 10.1. The van der Waals surface area contributed by atoms with Crippen molar-refractivity contribution in [1.82, 2.24) is 5.32 Å². The van der Waals surface area contributed by atoms with Gasteiger partial charge < -0.3 is 14.5 Å². The minimum atomic E-state index is -0.404. The average Bonchev–Trinajstić information content (AvgIpc) is 3.25. The molecule has 1 aromatic carbocycles. The van der Waals surface area contributed by atoms with Crippen LogP contribution in [0.25, 0.3) is 0 Å². The second-order valence-electron chi connectivity index (χ2n) is 6.05. The summed E-state index contributed by atoms with van der Waals surface area (Å²) in [5.41, 5.74) is 2.76. The Morgan fingerprint density at radius 2 is 2.00 bits per heavy atom. The van der Waals surface area contributed by atoms with Crippen molar-refractivity contribution in [1.29, 1.82) is 0 Å². The first-order chi connectivity index (χ1) is 12.1. The van der Waals surface area contributed by atoms with Crippen LogP contribution in [0.1, 0.15) is 46.7 Å². The highest BCUT2D eigenvalue weighted by Crippen LogP contribution is 2.26. The molecule has 1 aliphatic rings.